The lowest BCUT2D eigenvalue weighted by atomic mass is 9.80. The number of hydrogen-bond donors (Lipinski definition) is 0. The maximum atomic E-state index is 11.1. The first-order chi connectivity index (χ1) is 6.40. The van der Waals surface area contributed by atoms with Gasteiger partial charge in [0, 0.05) is 6.08 Å². The monoisotopic (exact) mass is 198 g/mol. The van der Waals surface area contributed by atoms with Gasteiger partial charge in [0.25, 0.3) is 0 Å². The average molecular weight is 198 g/mol. The van der Waals surface area contributed by atoms with Gasteiger partial charge in [-0.05, 0) is 24.7 Å². The Morgan fingerprint density at radius 3 is 1.86 bits per heavy atom. The molecule has 0 radical (unpaired) electrons. The first kappa shape index (κ1) is 13.2. The standard InChI is InChI=1S/C12H22O2/c1-8(2)12(9(3)4)10(5)7-11(13)14-6/h7-9,12H,1-6H3/b10-7+. The number of methoxy groups -OCH3 is 1. The Balaban J connectivity index is 4.67. The van der Waals surface area contributed by atoms with Crippen molar-refractivity contribution in [2.24, 2.45) is 17.8 Å². The minimum absolute atomic E-state index is 0.256. The van der Waals surface area contributed by atoms with Gasteiger partial charge in [0.2, 0.25) is 0 Å². The number of carbonyl (C=O) groups is 1. The van der Waals surface area contributed by atoms with E-state index in [1.54, 1.807) is 6.08 Å². The van der Waals surface area contributed by atoms with Crippen molar-refractivity contribution in [3.63, 3.8) is 0 Å². The second-order valence-corrected chi connectivity index (χ2v) is 4.43. The molecule has 0 fully saturated rings. The summed E-state index contributed by atoms with van der Waals surface area (Å²) >= 11 is 0. The van der Waals surface area contributed by atoms with Crippen molar-refractivity contribution < 1.29 is 9.53 Å². The molecule has 0 bridgehead atoms. The molecule has 0 aromatic rings. The summed E-state index contributed by atoms with van der Waals surface area (Å²) in [5, 5.41) is 0. The van der Waals surface area contributed by atoms with Gasteiger partial charge in [-0.3, -0.25) is 0 Å². The molecule has 0 aliphatic heterocycles. The van der Waals surface area contributed by atoms with E-state index >= 15 is 0 Å². The second-order valence-electron chi connectivity index (χ2n) is 4.43. The normalized spacial score (nSPS) is 12.8. The van der Waals surface area contributed by atoms with Crippen LogP contribution in [-0.4, -0.2) is 13.1 Å². The SMILES string of the molecule is COC(=O)/C=C(\C)C(C(C)C)C(C)C. The number of ether oxygens (including phenoxy) is 1. The summed E-state index contributed by atoms with van der Waals surface area (Å²) in [5.74, 6) is 1.30. The van der Waals surface area contributed by atoms with Crippen LogP contribution in [0.15, 0.2) is 11.6 Å². The molecule has 0 atom stereocenters. The smallest absolute Gasteiger partial charge is 0.330 e. The summed E-state index contributed by atoms with van der Waals surface area (Å²) in [5.41, 5.74) is 1.11. The average Bonchev–Trinajstić information content (AvgIpc) is 2.02. The fourth-order valence-electron chi connectivity index (χ4n) is 2.16. The summed E-state index contributed by atoms with van der Waals surface area (Å²) in [6.45, 7) is 10.7. The van der Waals surface area contributed by atoms with Crippen molar-refractivity contribution >= 4 is 5.97 Å². The van der Waals surface area contributed by atoms with E-state index in [4.69, 9.17) is 0 Å². The molecule has 2 nitrogen and oxygen atoms in total. The molecule has 0 amide bonds. The molecule has 14 heavy (non-hydrogen) atoms. The molecule has 0 N–H and O–H groups in total. The number of allylic oxidation sites excluding steroid dienone is 1. The highest BCUT2D eigenvalue weighted by molar-refractivity contribution is 5.82. The van der Waals surface area contributed by atoms with E-state index in [1.165, 1.54) is 7.11 Å². The Hall–Kier alpha value is -0.790. The van der Waals surface area contributed by atoms with Gasteiger partial charge in [0.1, 0.15) is 0 Å². The quantitative estimate of drug-likeness (QED) is 0.512. The predicted molar refractivity (Wildman–Crippen MR) is 58.9 cm³/mol. The number of hydrogen-bond acceptors (Lipinski definition) is 2. The molecule has 0 aliphatic carbocycles. The minimum atomic E-state index is -0.256. The van der Waals surface area contributed by atoms with Crippen molar-refractivity contribution in [3.05, 3.63) is 11.6 Å². The van der Waals surface area contributed by atoms with Crippen LogP contribution in [0.4, 0.5) is 0 Å². The number of rotatable bonds is 4. The van der Waals surface area contributed by atoms with Gasteiger partial charge in [0.05, 0.1) is 7.11 Å². The van der Waals surface area contributed by atoms with E-state index in [-0.39, 0.29) is 5.97 Å². The van der Waals surface area contributed by atoms with Gasteiger partial charge in [0.15, 0.2) is 0 Å². The molecule has 2 heteroatoms. The molecule has 82 valence electrons. The van der Waals surface area contributed by atoms with Crippen LogP contribution in [0.1, 0.15) is 34.6 Å². The molecular formula is C12H22O2. The number of carbonyl (C=O) groups excluding carboxylic acids is 1. The molecule has 0 aromatic carbocycles. The van der Waals surface area contributed by atoms with Gasteiger partial charge in [-0.15, -0.1) is 0 Å². The molecule has 0 spiro atoms. The fraction of sp³-hybridized carbons (Fsp3) is 0.750. The Bertz CT molecular complexity index is 206. The van der Waals surface area contributed by atoms with E-state index in [2.05, 4.69) is 32.4 Å². The predicted octanol–water partition coefficient (Wildman–Crippen LogP) is 3.03. The summed E-state index contributed by atoms with van der Waals surface area (Å²) in [6.07, 6.45) is 1.60. The van der Waals surface area contributed by atoms with Crippen molar-refractivity contribution in [2.75, 3.05) is 7.11 Å². The van der Waals surface area contributed by atoms with Crippen LogP contribution in [0.3, 0.4) is 0 Å². The van der Waals surface area contributed by atoms with E-state index in [0.717, 1.165) is 5.57 Å². The first-order valence-electron chi connectivity index (χ1n) is 5.16. The lowest BCUT2D eigenvalue weighted by Crippen LogP contribution is -2.17. The van der Waals surface area contributed by atoms with Gasteiger partial charge in [-0.2, -0.15) is 0 Å². The third-order valence-corrected chi connectivity index (χ3v) is 2.51. The highest BCUT2D eigenvalue weighted by Crippen LogP contribution is 2.27. The largest absolute Gasteiger partial charge is 0.466 e. The zero-order valence-corrected chi connectivity index (χ0v) is 10.1. The van der Waals surface area contributed by atoms with Crippen LogP contribution < -0.4 is 0 Å². The molecule has 0 rings (SSSR count). The highest BCUT2D eigenvalue weighted by atomic mass is 16.5. The maximum Gasteiger partial charge on any atom is 0.330 e. The van der Waals surface area contributed by atoms with Crippen LogP contribution >= 0.6 is 0 Å². The summed E-state index contributed by atoms with van der Waals surface area (Å²) in [6, 6.07) is 0. The van der Waals surface area contributed by atoms with Crippen molar-refractivity contribution in [1.29, 1.82) is 0 Å². The molecule has 0 saturated heterocycles. The van der Waals surface area contributed by atoms with E-state index in [0.29, 0.717) is 17.8 Å². The van der Waals surface area contributed by atoms with Crippen molar-refractivity contribution in [3.8, 4) is 0 Å². The zero-order valence-electron chi connectivity index (χ0n) is 10.1. The first-order valence-corrected chi connectivity index (χ1v) is 5.16. The minimum Gasteiger partial charge on any atom is -0.466 e. The fourth-order valence-corrected chi connectivity index (χ4v) is 2.16. The topological polar surface area (TPSA) is 26.3 Å². The summed E-state index contributed by atoms with van der Waals surface area (Å²) in [4.78, 5) is 11.1. The second kappa shape index (κ2) is 5.84. The van der Waals surface area contributed by atoms with E-state index in [9.17, 15) is 4.79 Å². The Labute approximate surface area is 87.3 Å². The Morgan fingerprint density at radius 1 is 1.14 bits per heavy atom. The lowest BCUT2D eigenvalue weighted by molar-refractivity contribution is -0.134. The molecular weight excluding hydrogens is 176 g/mol. The molecule has 0 unspecified atom stereocenters. The van der Waals surface area contributed by atoms with Gasteiger partial charge < -0.3 is 4.74 Å². The molecule has 0 aromatic heterocycles. The van der Waals surface area contributed by atoms with Gasteiger partial charge >= 0.3 is 5.97 Å². The van der Waals surface area contributed by atoms with Gasteiger partial charge in [-0.25, -0.2) is 4.79 Å². The van der Waals surface area contributed by atoms with Crippen LogP contribution in [0.5, 0.6) is 0 Å². The van der Waals surface area contributed by atoms with Crippen LogP contribution in [-0.2, 0) is 9.53 Å². The third kappa shape index (κ3) is 3.95. The zero-order chi connectivity index (χ0) is 11.3. The summed E-state index contributed by atoms with van der Waals surface area (Å²) < 4.78 is 4.62. The van der Waals surface area contributed by atoms with E-state index in [1.807, 2.05) is 6.92 Å². The van der Waals surface area contributed by atoms with Crippen LogP contribution in [0, 0.1) is 17.8 Å². The third-order valence-electron chi connectivity index (χ3n) is 2.51. The Morgan fingerprint density at radius 2 is 1.57 bits per heavy atom. The highest BCUT2D eigenvalue weighted by Gasteiger charge is 2.19. The van der Waals surface area contributed by atoms with Crippen molar-refractivity contribution in [2.45, 2.75) is 34.6 Å². The molecule has 0 heterocycles. The van der Waals surface area contributed by atoms with Crippen LogP contribution in [0.25, 0.3) is 0 Å². The van der Waals surface area contributed by atoms with Gasteiger partial charge in [-0.1, -0.05) is 33.3 Å². The van der Waals surface area contributed by atoms with Crippen LogP contribution in [0.2, 0.25) is 0 Å². The summed E-state index contributed by atoms with van der Waals surface area (Å²) in [7, 11) is 1.41. The molecule has 0 aliphatic rings. The molecule has 0 saturated carbocycles. The lowest BCUT2D eigenvalue weighted by Gasteiger charge is -2.25. The number of esters is 1. The van der Waals surface area contributed by atoms with E-state index < -0.39 is 0 Å². The van der Waals surface area contributed by atoms with Crippen molar-refractivity contribution in [1.82, 2.24) is 0 Å². The maximum absolute atomic E-state index is 11.1. The Kier molecular flexibility index (Phi) is 5.51.